The number of hydrogen-bond donors (Lipinski definition) is 1. The van der Waals surface area contributed by atoms with E-state index in [9.17, 15) is 0 Å². The third-order valence-corrected chi connectivity index (χ3v) is 4.29. The van der Waals surface area contributed by atoms with Gasteiger partial charge in [0.05, 0.1) is 0 Å². The summed E-state index contributed by atoms with van der Waals surface area (Å²) < 4.78 is 0. The van der Waals surface area contributed by atoms with Crippen LogP contribution in [0, 0.1) is 11.8 Å². The van der Waals surface area contributed by atoms with Crippen LogP contribution in [0.3, 0.4) is 0 Å². The summed E-state index contributed by atoms with van der Waals surface area (Å²) in [5, 5.41) is 0. The van der Waals surface area contributed by atoms with Crippen molar-refractivity contribution in [3.8, 4) is 0 Å². The minimum atomic E-state index is 0.460. The first-order chi connectivity index (χ1) is 7.27. The molecule has 1 rings (SSSR count). The lowest BCUT2D eigenvalue weighted by Gasteiger charge is -2.26. The lowest BCUT2D eigenvalue weighted by atomic mass is 9.83. The van der Waals surface area contributed by atoms with Crippen LogP contribution in [0.4, 0.5) is 0 Å². The van der Waals surface area contributed by atoms with E-state index in [1.807, 2.05) is 0 Å². The van der Waals surface area contributed by atoms with E-state index in [0.717, 1.165) is 11.8 Å². The molecule has 0 aromatic carbocycles. The SMILES string of the molecule is CCC(CC)C(N)CCC1CCCCC1. The second kappa shape index (κ2) is 7.27. The van der Waals surface area contributed by atoms with E-state index < -0.39 is 0 Å². The Morgan fingerprint density at radius 1 is 1.07 bits per heavy atom. The molecule has 1 aliphatic rings. The van der Waals surface area contributed by atoms with Crippen molar-refractivity contribution < 1.29 is 0 Å². The average molecular weight is 211 g/mol. The Morgan fingerprint density at radius 2 is 1.67 bits per heavy atom. The number of nitrogens with two attached hydrogens (primary N) is 1. The van der Waals surface area contributed by atoms with Crippen molar-refractivity contribution in [2.75, 3.05) is 0 Å². The van der Waals surface area contributed by atoms with Gasteiger partial charge in [-0.05, 0) is 24.7 Å². The van der Waals surface area contributed by atoms with E-state index in [2.05, 4.69) is 13.8 Å². The van der Waals surface area contributed by atoms with Crippen LogP contribution in [-0.2, 0) is 0 Å². The maximum absolute atomic E-state index is 6.26. The second-order valence-corrected chi connectivity index (χ2v) is 5.32. The van der Waals surface area contributed by atoms with Crippen LogP contribution in [0.2, 0.25) is 0 Å². The van der Waals surface area contributed by atoms with Crippen LogP contribution in [-0.4, -0.2) is 6.04 Å². The molecule has 2 N–H and O–H groups in total. The van der Waals surface area contributed by atoms with Gasteiger partial charge in [0.2, 0.25) is 0 Å². The molecule has 1 aliphatic carbocycles. The van der Waals surface area contributed by atoms with Crippen molar-refractivity contribution in [1.29, 1.82) is 0 Å². The fourth-order valence-electron chi connectivity index (χ4n) is 3.03. The van der Waals surface area contributed by atoms with Gasteiger partial charge in [-0.15, -0.1) is 0 Å². The largest absolute Gasteiger partial charge is 0.327 e. The van der Waals surface area contributed by atoms with E-state index in [-0.39, 0.29) is 0 Å². The summed E-state index contributed by atoms with van der Waals surface area (Å²) in [6.45, 7) is 4.54. The van der Waals surface area contributed by atoms with E-state index in [4.69, 9.17) is 5.73 Å². The zero-order valence-electron chi connectivity index (χ0n) is 10.7. The predicted octanol–water partition coefficient (Wildman–Crippen LogP) is 4.11. The Labute approximate surface area is 95.8 Å². The summed E-state index contributed by atoms with van der Waals surface area (Å²) >= 11 is 0. The van der Waals surface area contributed by atoms with Gasteiger partial charge < -0.3 is 5.73 Å². The van der Waals surface area contributed by atoms with E-state index in [1.54, 1.807) is 0 Å². The molecule has 0 spiro atoms. The summed E-state index contributed by atoms with van der Waals surface area (Å²) in [7, 11) is 0. The molecule has 0 radical (unpaired) electrons. The summed E-state index contributed by atoms with van der Waals surface area (Å²) in [4.78, 5) is 0. The molecule has 0 aromatic rings. The third kappa shape index (κ3) is 4.55. The fraction of sp³-hybridized carbons (Fsp3) is 1.00. The van der Waals surface area contributed by atoms with Crippen LogP contribution in [0.25, 0.3) is 0 Å². The van der Waals surface area contributed by atoms with Crippen LogP contribution in [0.1, 0.15) is 71.6 Å². The molecule has 0 amide bonds. The molecule has 0 bridgehead atoms. The van der Waals surface area contributed by atoms with Crippen molar-refractivity contribution >= 4 is 0 Å². The molecule has 1 heteroatoms. The highest BCUT2D eigenvalue weighted by Gasteiger charge is 2.18. The quantitative estimate of drug-likeness (QED) is 0.703. The molecule has 1 nitrogen and oxygen atoms in total. The number of hydrogen-bond acceptors (Lipinski definition) is 1. The molecular weight excluding hydrogens is 182 g/mol. The fourth-order valence-corrected chi connectivity index (χ4v) is 3.03. The summed E-state index contributed by atoms with van der Waals surface area (Å²) in [6.07, 6.45) is 12.5. The van der Waals surface area contributed by atoms with Gasteiger partial charge in [-0.25, -0.2) is 0 Å². The zero-order valence-corrected chi connectivity index (χ0v) is 10.7. The molecule has 0 heterocycles. The highest BCUT2D eigenvalue weighted by atomic mass is 14.6. The van der Waals surface area contributed by atoms with Gasteiger partial charge in [0.15, 0.2) is 0 Å². The molecule has 1 atom stereocenters. The Morgan fingerprint density at radius 3 is 2.20 bits per heavy atom. The molecule has 90 valence electrons. The second-order valence-electron chi connectivity index (χ2n) is 5.32. The summed E-state index contributed by atoms with van der Waals surface area (Å²) in [6, 6.07) is 0.460. The van der Waals surface area contributed by atoms with Gasteiger partial charge in [-0.2, -0.15) is 0 Å². The van der Waals surface area contributed by atoms with Gasteiger partial charge in [0.25, 0.3) is 0 Å². The van der Waals surface area contributed by atoms with Crippen LogP contribution in [0.5, 0.6) is 0 Å². The monoisotopic (exact) mass is 211 g/mol. The van der Waals surface area contributed by atoms with Gasteiger partial charge in [-0.1, -0.05) is 58.8 Å². The molecule has 0 saturated heterocycles. The molecule has 1 saturated carbocycles. The molecule has 0 aliphatic heterocycles. The van der Waals surface area contributed by atoms with Gasteiger partial charge in [-0.3, -0.25) is 0 Å². The summed E-state index contributed by atoms with van der Waals surface area (Å²) in [5.74, 6) is 1.76. The molecule has 15 heavy (non-hydrogen) atoms. The lowest BCUT2D eigenvalue weighted by molar-refractivity contribution is 0.295. The maximum Gasteiger partial charge on any atom is 0.00670 e. The van der Waals surface area contributed by atoms with Crippen molar-refractivity contribution in [3.63, 3.8) is 0 Å². The molecule has 1 fully saturated rings. The minimum Gasteiger partial charge on any atom is -0.327 e. The molecular formula is C14H29N. The highest BCUT2D eigenvalue weighted by molar-refractivity contribution is 4.74. The van der Waals surface area contributed by atoms with Crippen LogP contribution >= 0.6 is 0 Å². The van der Waals surface area contributed by atoms with E-state index >= 15 is 0 Å². The van der Waals surface area contributed by atoms with Crippen LogP contribution in [0.15, 0.2) is 0 Å². The normalized spacial score (nSPS) is 20.8. The number of rotatable bonds is 6. The Balaban J connectivity index is 2.16. The first-order valence-electron chi connectivity index (χ1n) is 7.03. The van der Waals surface area contributed by atoms with Gasteiger partial charge in [0.1, 0.15) is 0 Å². The van der Waals surface area contributed by atoms with E-state index in [0.29, 0.717) is 6.04 Å². The summed E-state index contributed by atoms with van der Waals surface area (Å²) in [5.41, 5.74) is 6.26. The van der Waals surface area contributed by atoms with Crippen LogP contribution < -0.4 is 5.73 Å². The van der Waals surface area contributed by atoms with Crippen molar-refractivity contribution in [1.82, 2.24) is 0 Å². The Bertz CT molecular complexity index is 145. The standard InChI is InChI=1S/C14H29N/c1-3-13(4-2)14(15)11-10-12-8-6-5-7-9-12/h12-14H,3-11,15H2,1-2H3. The lowest BCUT2D eigenvalue weighted by Crippen LogP contribution is -2.30. The molecule has 0 aromatic heterocycles. The van der Waals surface area contributed by atoms with Gasteiger partial charge in [0, 0.05) is 6.04 Å². The van der Waals surface area contributed by atoms with Crippen molar-refractivity contribution in [3.05, 3.63) is 0 Å². The zero-order chi connectivity index (χ0) is 11.1. The maximum atomic E-state index is 6.26. The first kappa shape index (κ1) is 13.0. The Hall–Kier alpha value is -0.0400. The first-order valence-corrected chi connectivity index (χ1v) is 7.03. The Kier molecular flexibility index (Phi) is 6.31. The minimum absolute atomic E-state index is 0.460. The van der Waals surface area contributed by atoms with Crippen molar-refractivity contribution in [2.45, 2.75) is 77.7 Å². The van der Waals surface area contributed by atoms with Gasteiger partial charge >= 0.3 is 0 Å². The molecule has 1 unspecified atom stereocenters. The highest BCUT2D eigenvalue weighted by Crippen LogP contribution is 2.28. The van der Waals surface area contributed by atoms with Crippen molar-refractivity contribution in [2.24, 2.45) is 17.6 Å². The average Bonchev–Trinajstić information content (AvgIpc) is 2.29. The smallest absolute Gasteiger partial charge is 0.00670 e. The third-order valence-electron chi connectivity index (χ3n) is 4.29. The van der Waals surface area contributed by atoms with E-state index in [1.165, 1.54) is 57.8 Å². The topological polar surface area (TPSA) is 26.0 Å². The predicted molar refractivity (Wildman–Crippen MR) is 67.9 cm³/mol.